The van der Waals surface area contributed by atoms with E-state index in [0.717, 1.165) is 49.1 Å². The second kappa shape index (κ2) is 8.46. The fourth-order valence-electron chi connectivity index (χ4n) is 4.03. The van der Waals surface area contributed by atoms with Crippen molar-refractivity contribution in [2.45, 2.75) is 6.42 Å². The summed E-state index contributed by atoms with van der Waals surface area (Å²) in [4.78, 5) is 9.69. The first-order chi connectivity index (χ1) is 14.7. The smallest absolute Gasteiger partial charge is 0.187 e. The molecule has 5 heteroatoms. The summed E-state index contributed by atoms with van der Waals surface area (Å²) < 4.78 is 0. The minimum Gasteiger partial charge on any atom is -0.368 e. The molecule has 4 nitrogen and oxygen atoms in total. The predicted molar refractivity (Wildman–Crippen MR) is 128 cm³/mol. The van der Waals surface area contributed by atoms with Gasteiger partial charge in [0.05, 0.1) is 5.69 Å². The maximum absolute atomic E-state index is 4.79. The lowest BCUT2D eigenvalue weighted by Crippen LogP contribution is -2.44. The van der Waals surface area contributed by atoms with Crippen molar-refractivity contribution in [3.8, 4) is 0 Å². The van der Waals surface area contributed by atoms with Crippen LogP contribution in [-0.2, 0) is 6.42 Å². The number of anilines is 3. The third-order valence-corrected chi connectivity index (χ3v) is 6.54. The molecule has 1 saturated heterocycles. The van der Waals surface area contributed by atoms with Crippen LogP contribution in [0.5, 0.6) is 0 Å². The van der Waals surface area contributed by atoms with E-state index in [9.17, 15) is 0 Å². The molecule has 30 heavy (non-hydrogen) atoms. The van der Waals surface area contributed by atoms with E-state index in [1.165, 1.54) is 22.0 Å². The topological polar surface area (TPSA) is 31.4 Å². The zero-order valence-electron chi connectivity index (χ0n) is 17.2. The number of rotatable bonds is 5. The summed E-state index contributed by atoms with van der Waals surface area (Å²) in [7, 11) is 2.20. The number of likely N-dealkylation sites (N-methyl/N-ethyl adjacent to an activating group) is 1. The minimum atomic E-state index is 0.865. The first-order valence-corrected chi connectivity index (χ1v) is 11.3. The maximum Gasteiger partial charge on any atom is 0.187 e. The quantitative estimate of drug-likeness (QED) is 0.475. The lowest BCUT2D eigenvalue weighted by Gasteiger charge is -2.34. The Morgan fingerprint density at radius 2 is 1.77 bits per heavy atom. The average molecular weight is 415 g/mol. The molecule has 152 valence electrons. The van der Waals surface area contributed by atoms with Crippen LogP contribution in [0.1, 0.15) is 11.3 Å². The molecule has 1 aliphatic rings. The van der Waals surface area contributed by atoms with Crippen molar-refractivity contribution in [1.82, 2.24) is 9.88 Å². The number of fused-ring (bicyclic) bond motifs is 1. The zero-order chi connectivity index (χ0) is 20.3. The highest BCUT2D eigenvalue weighted by Crippen LogP contribution is 2.31. The molecule has 0 bridgehead atoms. The Morgan fingerprint density at radius 1 is 0.933 bits per heavy atom. The number of thiazole rings is 1. The van der Waals surface area contributed by atoms with Gasteiger partial charge in [0.2, 0.25) is 0 Å². The van der Waals surface area contributed by atoms with Gasteiger partial charge in [0, 0.05) is 54.7 Å². The van der Waals surface area contributed by atoms with Crippen LogP contribution in [0, 0.1) is 0 Å². The molecule has 0 radical (unpaired) electrons. The van der Waals surface area contributed by atoms with Gasteiger partial charge in [-0.25, -0.2) is 4.98 Å². The van der Waals surface area contributed by atoms with Crippen molar-refractivity contribution in [3.63, 3.8) is 0 Å². The third kappa shape index (κ3) is 4.18. The molecule has 0 saturated carbocycles. The first kappa shape index (κ1) is 19.1. The molecule has 0 amide bonds. The summed E-state index contributed by atoms with van der Waals surface area (Å²) in [6.45, 7) is 4.36. The molecular weight excluding hydrogens is 388 g/mol. The Morgan fingerprint density at radius 3 is 2.60 bits per heavy atom. The number of piperazine rings is 1. The van der Waals surface area contributed by atoms with Gasteiger partial charge in [-0.1, -0.05) is 48.5 Å². The molecule has 4 aromatic rings. The number of aromatic nitrogens is 1. The fraction of sp³-hybridized carbons (Fsp3) is 0.240. The molecule has 5 rings (SSSR count). The monoisotopic (exact) mass is 414 g/mol. The Labute approximate surface area is 181 Å². The van der Waals surface area contributed by atoms with Crippen molar-refractivity contribution >= 4 is 38.6 Å². The Bertz CT molecular complexity index is 1130. The van der Waals surface area contributed by atoms with Crippen molar-refractivity contribution in [2.24, 2.45) is 0 Å². The van der Waals surface area contributed by atoms with Crippen molar-refractivity contribution in [1.29, 1.82) is 0 Å². The summed E-state index contributed by atoms with van der Waals surface area (Å²) in [6.07, 6.45) is 0.865. The number of hydrogen-bond acceptors (Lipinski definition) is 5. The average Bonchev–Trinajstić information content (AvgIpc) is 3.21. The van der Waals surface area contributed by atoms with Gasteiger partial charge in [-0.2, -0.15) is 0 Å². The van der Waals surface area contributed by atoms with Crippen LogP contribution in [-0.4, -0.2) is 43.1 Å². The van der Waals surface area contributed by atoms with Crippen LogP contribution in [0.3, 0.4) is 0 Å². The largest absolute Gasteiger partial charge is 0.368 e. The van der Waals surface area contributed by atoms with Gasteiger partial charge >= 0.3 is 0 Å². The SMILES string of the molecule is CN1CCN(c2cccc3ccc(Nc4nc(Cc5ccccc5)cs4)cc23)CC1. The highest BCUT2D eigenvalue weighted by Gasteiger charge is 2.16. The number of nitrogens with zero attached hydrogens (tertiary/aromatic N) is 3. The second-order valence-electron chi connectivity index (χ2n) is 7.93. The van der Waals surface area contributed by atoms with Crippen molar-refractivity contribution in [3.05, 3.63) is 83.4 Å². The fourth-order valence-corrected chi connectivity index (χ4v) is 4.76. The number of hydrogen-bond donors (Lipinski definition) is 1. The zero-order valence-corrected chi connectivity index (χ0v) is 18.0. The van der Waals surface area contributed by atoms with Crippen LogP contribution >= 0.6 is 11.3 Å². The van der Waals surface area contributed by atoms with Crippen LogP contribution in [0.4, 0.5) is 16.5 Å². The Balaban J connectivity index is 1.37. The number of nitrogens with one attached hydrogen (secondary N) is 1. The maximum atomic E-state index is 4.79. The van der Waals surface area contributed by atoms with E-state index < -0.39 is 0 Å². The van der Waals surface area contributed by atoms with Gasteiger partial charge < -0.3 is 15.1 Å². The van der Waals surface area contributed by atoms with Crippen molar-refractivity contribution in [2.75, 3.05) is 43.4 Å². The summed E-state index contributed by atoms with van der Waals surface area (Å²) in [5, 5.41) is 9.18. The van der Waals surface area contributed by atoms with Crippen LogP contribution in [0.25, 0.3) is 10.8 Å². The highest BCUT2D eigenvalue weighted by atomic mass is 32.1. The van der Waals surface area contributed by atoms with E-state index in [0.29, 0.717) is 0 Å². The molecule has 1 aromatic heterocycles. The highest BCUT2D eigenvalue weighted by molar-refractivity contribution is 7.13. The summed E-state index contributed by atoms with van der Waals surface area (Å²) in [5.41, 5.74) is 4.81. The van der Waals surface area contributed by atoms with E-state index >= 15 is 0 Å². The molecule has 0 unspecified atom stereocenters. The van der Waals surface area contributed by atoms with E-state index in [4.69, 9.17) is 4.98 Å². The molecule has 3 aromatic carbocycles. The standard InChI is InChI=1S/C25H26N4S/c1-28-12-14-29(15-13-28)24-9-5-8-20-10-11-21(17-23(20)24)26-25-27-22(18-30-25)16-19-6-3-2-4-7-19/h2-11,17-18H,12-16H2,1H3,(H,26,27). The summed E-state index contributed by atoms with van der Waals surface area (Å²) in [5.74, 6) is 0. The molecular formula is C25H26N4S. The minimum absolute atomic E-state index is 0.865. The Kier molecular flexibility index (Phi) is 5.39. The second-order valence-corrected chi connectivity index (χ2v) is 8.79. The van der Waals surface area contributed by atoms with Gasteiger partial charge in [0.1, 0.15) is 0 Å². The molecule has 0 spiro atoms. The molecule has 0 aliphatic carbocycles. The van der Waals surface area contributed by atoms with E-state index in [2.05, 4.69) is 88.2 Å². The van der Waals surface area contributed by atoms with Gasteiger partial charge in [-0.05, 0) is 36.2 Å². The lowest BCUT2D eigenvalue weighted by molar-refractivity contribution is 0.313. The third-order valence-electron chi connectivity index (χ3n) is 5.73. The molecule has 1 fully saturated rings. The normalized spacial score (nSPS) is 14.9. The predicted octanol–water partition coefficient (Wildman–Crippen LogP) is 5.38. The van der Waals surface area contributed by atoms with E-state index in [-0.39, 0.29) is 0 Å². The van der Waals surface area contributed by atoms with Crippen LogP contribution in [0.15, 0.2) is 72.1 Å². The van der Waals surface area contributed by atoms with Crippen molar-refractivity contribution < 1.29 is 0 Å². The molecule has 0 atom stereocenters. The molecule has 2 heterocycles. The van der Waals surface area contributed by atoms with Crippen LogP contribution < -0.4 is 10.2 Å². The van der Waals surface area contributed by atoms with E-state index in [1.54, 1.807) is 11.3 Å². The first-order valence-electron chi connectivity index (χ1n) is 10.5. The van der Waals surface area contributed by atoms with Gasteiger partial charge in [0.25, 0.3) is 0 Å². The van der Waals surface area contributed by atoms with Gasteiger partial charge in [-0.3, -0.25) is 0 Å². The summed E-state index contributed by atoms with van der Waals surface area (Å²) in [6, 6.07) is 23.7. The summed E-state index contributed by atoms with van der Waals surface area (Å²) >= 11 is 1.66. The van der Waals surface area contributed by atoms with Crippen LogP contribution in [0.2, 0.25) is 0 Å². The molecule has 1 aliphatic heterocycles. The molecule has 1 N–H and O–H groups in total. The van der Waals surface area contributed by atoms with E-state index in [1.807, 2.05) is 6.07 Å². The number of benzene rings is 3. The van der Waals surface area contributed by atoms with Gasteiger partial charge in [-0.15, -0.1) is 11.3 Å². The Hall–Kier alpha value is -2.89. The lowest BCUT2D eigenvalue weighted by atomic mass is 10.1. The van der Waals surface area contributed by atoms with Gasteiger partial charge in [0.15, 0.2) is 5.13 Å².